The van der Waals surface area contributed by atoms with E-state index in [4.69, 9.17) is 11.6 Å². The van der Waals surface area contributed by atoms with E-state index in [1.54, 1.807) is 25.2 Å². The number of halogens is 1. The summed E-state index contributed by atoms with van der Waals surface area (Å²) in [7, 11) is 1.69. The summed E-state index contributed by atoms with van der Waals surface area (Å²) in [5.41, 5.74) is 1.46. The Kier molecular flexibility index (Phi) is 1.48. The van der Waals surface area contributed by atoms with Crippen molar-refractivity contribution in [1.29, 1.82) is 0 Å². The van der Waals surface area contributed by atoms with Crippen LogP contribution in [0.3, 0.4) is 0 Å². The molecule has 3 nitrogen and oxygen atoms in total. The van der Waals surface area contributed by atoms with Crippen LogP contribution in [0.2, 0.25) is 5.02 Å². The van der Waals surface area contributed by atoms with Gasteiger partial charge in [-0.1, -0.05) is 11.6 Å². The molecular weight excluding hydrogens is 176 g/mol. The summed E-state index contributed by atoms with van der Waals surface area (Å²) in [5.74, 6) is 0. The molecule has 2 aromatic rings. The number of fused-ring (bicyclic) bond motifs is 1. The van der Waals surface area contributed by atoms with Crippen molar-refractivity contribution in [3.63, 3.8) is 0 Å². The van der Waals surface area contributed by atoms with Gasteiger partial charge in [0.25, 0.3) is 0 Å². The zero-order valence-electron chi connectivity index (χ0n) is 6.41. The van der Waals surface area contributed by atoms with E-state index in [0.717, 1.165) is 5.52 Å². The molecule has 0 radical (unpaired) electrons. The van der Waals surface area contributed by atoms with E-state index in [2.05, 4.69) is 4.98 Å². The third-order valence-electron chi connectivity index (χ3n) is 1.80. The molecule has 4 heteroatoms. The maximum atomic E-state index is 11.1. The van der Waals surface area contributed by atoms with Gasteiger partial charge in [-0.15, -0.1) is 0 Å². The molecule has 62 valence electrons. The Labute approximate surface area is 74.2 Å². The highest BCUT2D eigenvalue weighted by molar-refractivity contribution is 6.31. The molecule has 0 aliphatic rings. The van der Waals surface area contributed by atoms with Gasteiger partial charge in [-0.25, -0.2) is 4.98 Å². The van der Waals surface area contributed by atoms with Gasteiger partial charge in [-0.2, -0.15) is 0 Å². The number of rotatable bonds is 0. The van der Waals surface area contributed by atoms with Gasteiger partial charge >= 0.3 is 0 Å². The van der Waals surface area contributed by atoms with Crippen molar-refractivity contribution >= 4 is 22.6 Å². The van der Waals surface area contributed by atoms with Crippen molar-refractivity contribution in [3.8, 4) is 6.01 Å². The molecule has 0 bridgehead atoms. The number of benzene rings is 1. The third kappa shape index (κ3) is 0.940. The molecule has 2 rings (SSSR count). The Bertz CT molecular complexity index is 436. The first-order valence-corrected chi connectivity index (χ1v) is 3.85. The zero-order valence-corrected chi connectivity index (χ0v) is 7.17. The highest BCUT2D eigenvalue weighted by Crippen LogP contribution is 2.20. The van der Waals surface area contributed by atoms with E-state index < -0.39 is 0 Å². The lowest BCUT2D eigenvalue weighted by molar-refractivity contribution is -0.284. The number of hydrogen-bond acceptors (Lipinski definition) is 2. The lowest BCUT2D eigenvalue weighted by Gasteiger charge is -2.02. The molecule has 0 amide bonds. The van der Waals surface area contributed by atoms with Gasteiger partial charge in [0, 0.05) is 12.1 Å². The number of aromatic nitrogens is 2. The molecule has 1 aromatic carbocycles. The van der Waals surface area contributed by atoms with Crippen molar-refractivity contribution in [2.24, 2.45) is 7.05 Å². The van der Waals surface area contributed by atoms with E-state index in [-0.39, 0.29) is 6.01 Å². The normalized spacial score (nSPS) is 10.8. The van der Waals surface area contributed by atoms with Crippen molar-refractivity contribution < 1.29 is 5.11 Å². The Morgan fingerprint density at radius 3 is 3.00 bits per heavy atom. The molecule has 0 saturated carbocycles. The highest BCUT2D eigenvalue weighted by atomic mass is 35.5. The summed E-state index contributed by atoms with van der Waals surface area (Å²) in [6, 6.07) is 4.96. The minimum atomic E-state index is -0.243. The second kappa shape index (κ2) is 2.38. The first kappa shape index (κ1) is 7.43. The van der Waals surface area contributed by atoms with Crippen LogP contribution in [0.15, 0.2) is 18.2 Å². The Hall–Kier alpha value is -1.22. The maximum Gasteiger partial charge on any atom is 0.0892 e. The summed E-state index contributed by atoms with van der Waals surface area (Å²) in [6.45, 7) is 0. The largest absolute Gasteiger partial charge is 0.846 e. The lowest BCUT2D eigenvalue weighted by Crippen LogP contribution is -1.98. The van der Waals surface area contributed by atoms with Crippen LogP contribution in [0.1, 0.15) is 0 Å². The predicted molar refractivity (Wildman–Crippen MR) is 45.2 cm³/mol. The SMILES string of the molecule is Cn1c([O-])nc2cc(Cl)ccc21. The molecule has 1 aromatic heterocycles. The van der Waals surface area contributed by atoms with Crippen LogP contribution in [-0.2, 0) is 7.05 Å². The van der Waals surface area contributed by atoms with Gasteiger partial charge in [-0.05, 0) is 18.2 Å². The van der Waals surface area contributed by atoms with E-state index in [1.165, 1.54) is 4.57 Å². The van der Waals surface area contributed by atoms with Crippen molar-refractivity contribution in [2.75, 3.05) is 0 Å². The molecule has 12 heavy (non-hydrogen) atoms. The monoisotopic (exact) mass is 181 g/mol. The van der Waals surface area contributed by atoms with E-state index in [1.807, 2.05) is 0 Å². The van der Waals surface area contributed by atoms with Crippen LogP contribution in [-0.4, -0.2) is 9.55 Å². The highest BCUT2D eigenvalue weighted by Gasteiger charge is 2.00. The van der Waals surface area contributed by atoms with Gasteiger partial charge < -0.3 is 9.67 Å². The second-order valence-corrected chi connectivity index (χ2v) is 3.02. The summed E-state index contributed by atoms with van der Waals surface area (Å²) >= 11 is 5.73. The number of hydrogen-bond donors (Lipinski definition) is 0. The van der Waals surface area contributed by atoms with Gasteiger partial charge in [0.15, 0.2) is 0 Å². The summed E-state index contributed by atoms with van der Waals surface area (Å²) in [6.07, 6.45) is 0. The molecule has 0 unspecified atom stereocenters. The molecule has 0 atom stereocenters. The van der Waals surface area contributed by atoms with Crippen molar-refractivity contribution in [1.82, 2.24) is 9.55 Å². The summed E-state index contributed by atoms with van der Waals surface area (Å²) in [4.78, 5) is 3.80. The van der Waals surface area contributed by atoms with Crippen LogP contribution in [0, 0.1) is 0 Å². The lowest BCUT2D eigenvalue weighted by atomic mass is 10.3. The first-order chi connectivity index (χ1) is 5.68. The fourth-order valence-corrected chi connectivity index (χ4v) is 1.32. The molecular formula is C8H6ClN2O-. The predicted octanol–water partition coefficient (Wildman–Crippen LogP) is 1.30. The molecule has 0 N–H and O–H groups in total. The minimum Gasteiger partial charge on any atom is -0.846 e. The van der Waals surface area contributed by atoms with Gasteiger partial charge in [-0.3, -0.25) is 0 Å². The average Bonchev–Trinajstić information content (AvgIpc) is 2.28. The zero-order chi connectivity index (χ0) is 8.72. The maximum absolute atomic E-state index is 11.1. The second-order valence-electron chi connectivity index (χ2n) is 2.59. The van der Waals surface area contributed by atoms with Gasteiger partial charge in [0.05, 0.1) is 17.0 Å². The first-order valence-electron chi connectivity index (χ1n) is 3.47. The van der Waals surface area contributed by atoms with Crippen LogP contribution in [0.4, 0.5) is 0 Å². The molecule has 0 aliphatic carbocycles. The van der Waals surface area contributed by atoms with Gasteiger partial charge in [0.2, 0.25) is 0 Å². The van der Waals surface area contributed by atoms with E-state index in [0.29, 0.717) is 10.5 Å². The number of aryl methyl sites for hydroxylation is 1. The number of imidazole rings is 1. The van der Waals surface area contributed by atoms with E-state index >= 15 is 0 Å². The van der Waals surface area contributed by atoms with Crippen LogP contribution in [0.5, 0.6) is 6.01 Å². The number of nitrogens with zero attached hydrogens (tertiary/aromatic N) is 2. The topological polar surface area (TPSA) is 40.9 Å². The summed E-state index contributed by atoms with van der Waals surface area (Å²) in [5, 5.41) is 11.7. The van der Waals surface area contributed by atoms with Crippen molar-refractivity contribution in [2.45, 2.75) is 0 Å². The smallest absolute Gasteiger partial charge is 0.0892 e. The Balaban J connectivity index is 2.87. The van der Waals surface area contributed by atoms with Crippen molar-refractivity contribution in [3.05, 3.63) is 23.2 Å². The fourth-order valence-electron chi connectivity index (χ4n) is 1.15. The van der Waals surface area contributed by atoms with Gasteiger partial charge in [0.1, 0.15) is 0 Å². The summed E-state index contributed by atoms with van der Waals surface area (Å²) < 4.78 is 1.49. The Morgan fingerprint density at radius 1 is 1.50 bits per heavy atom. The third-order valence-corrected chi connectivity index (χ3v) is 2.04. The minimum absolute atomic E-state index is 0.243. The Morgan fingerprint density at radius 2 is 2.25 bits per heavy atom. The quantitative estimate of drug-likeness (QED) is 0.615. The molecule has 0 spiro atoms. The fraction of sp³-hybridized carbons (Fsp3) is 0.125. The molecule has 0 aliphatic heterocycles. The van der Waals surface area contributed by atoms with Crippen LogP contribution in [0.25, 0.3) is 11.0 Å². The van der Waals surface area contributed by atoms with Crippen LogP contribution < -0.4 is 5.11 Å². The molecule has 1 heterocycles. The van der Waals surface area contributed by atoms with E-state index in [9.17, 15) is 5.11 Å². The average molecular weight is 182 g/mol. The molecule has 0 saturated heterocycles. The molecule has 0 fully saturated rings. The standard InChI is InChI=1S/C8H7ClN2O/c1-11-7-3-2-5(9)4-6(7)10-8(11)12/h2-4H,1H3,(H,10,12)/p-1. The van der Waals surface area contributed by atoms with Crippen LogP contribution >= 0.6 is 11.6 Å².